The minimum Gasteiger partial charge on any atom is -0.356 e. The second-order valence-corrected chi connectivity index (χ2v) is 6.00. The van der Waals surface area contributed by atoms with E-state index in [4.69, 9.17) is 0 Å². The molecule has 0 amide bonds. The zero-order chi connectivity index (χ0) is 15.5. The van der Waals surface area contributed by atoms with Crippen molar-refractivity contribution < 1.29 is 14.0 Å². The number of aldehydes is 1. The number of H-pyrrole nitrogens is 1. The molecular weight excluding hydrogens is 301 g/mol. The minimum absolute atomic E-state index is 0.115. The van der Waals surface area contributed by atoms with Crippen LogP contribution in [0.4, 0.5) is 4.39 Å². The average Bonchev–Trinajstić information content (AvgIpc) is 3.17. The number of carbonyl (C=O) groups excluding carboxylic acids is 2. The smallest absolute Gasteiger partial charge is 0.202 e. The van der Waals surface area contributed by atoms with Gasteiger partial charge in [-0.2, -0.15) is 0 Å². The Morgan fingerprint density at radius 2 is 1.86 bits per heavy atom. The number of aromatic nitrogens is 1. The lowest BCUT2D eigenvalue weighted by Gasteiger charge is -1.98. The Morgan fingerprint density at radius 3 is 2.55 bits per heavy atom. The first-order valence-corrected chi connectivity index (χ1v) is 7.49. The molecule has 0 saturated heterocycles. The molecule has 5 heteroatoms. The lowest BCUT2D eigenvalue weighted by atomic mass is 10.1. The lowest BCUT2D eigenvalue weighted by Crippen LogP contribution is -1.98. The Balaban J connectivity index is 1.76. The predicted molar refractivity (Wildman–Crippen MR) is 83.1 cm³/mol. The molecule has 0 unspecified atom stereocenters. The third kappa shape index (κ3) is 3.04. The number of hydrogen-bond donors (Lipinski definition) is 1. The highest BCUT2D eigenvalue weighted by atomic mass is 32.1. The summed E-state index contributed by atoms with van der Waals surface area (Å²) in [6.07, 6.45) is 1.40. The molecule has 2 aromatic heterocycles. The first kappa shape index (κ1) is 14.4. The van der Waals surface area contributed by atoms with Gasteiger partial charge in [-0.15, -0.1) is 11.3 Å². The topological polar surface area (TPSA) is 49.9 Å². The molecule has 0 aliphatic heterocycles. The van der Waals surface area contributed by atoms with E-state index in [1.807, 2.05) is 12.1 Å². The number of thiophene rings is 1. The molecule has 3 rings (SSSR count). The first-order valence-electron chi connectivity index (χ1n) is 6.68. The van der Waals surface area contributed by atoms with Crippen molar-refractivity contribution in [3.63, 3.8) is 0 Å². The van der Waals surface area contributed by atoms with Crippen molar-refractivity contribution in [1.29, 1.82) is 0 Å². The standard InChI is InChI=1S/C17H12FNO2S/c18-12-3-1-11(2-4-12)17(21)16-8-7-15(22-16)9-13-5-6-14(10-20)19-13/h1-8,10,19H,9H2. The molecule has 0 bridgehead atoms. The number of rotatable bonds is 5. The van der Waals surface area contributed by atoms with E-state index in [1.54, 1.807) is 12.1 Å². The predicted octanol–water partition coefficient (Wildman–Crippen LogP) is 3.85. The first-order chi connectivity index (χ1) is 10.7. The highest BCUT2D eigenvalue weighted by Gasteiger charge is 2.12. The van der Waals surface area contributed by atoms with E-state index >= 15 is 0 Å². The molecule has 3 nitrogen and oxygen atoms in total. The van der Waals surface area contributed by atoms with E-state index in [-0.39, 0.29) is 11.6 Å². The van der Waals surface area contributed by atoms with Crippen molar-refractivity contribution in [1.82, 2.24) is 4.98 Å². The fourth-order valence-corrected chi connectivity index (χ4v) is 3.15. The number of nitrogens with one attached hydrogen (secondary N) is 1. The van der Waals surface area contributed by atoms with Crippen LogP contribution in [0.5, 0.6) is 0 Å². The maximum atomic E-state index is 12.9. The van der Waals surface area contributed by atoms with Crippen LogP contribution in [0.1, 0.15) is 36.3 Å². The zero-order valence-electron chi connectivity index (χ0n) is 11.5. The Hall–Kier alpha value is -2.53. The molecule has 0 radical (unpaired) electrons. The van der Waals surface area contributed by atoms with E-state index in [9.17, 15) is 14.0 Å². The summed E-state index contributed by atoms with van der Waals surface area (Å²) in [5, 5.41) is 0. The van der Waals surface area contributed by atoms with Crippen molar-refractivity contribution in [3.05, 3.63) is 81.1 Å². The maximum absolute atomic E-state index is 12.9. The summed E-state index contributed by atoms with van der Waals surface area (Å²) in [5.74, 6) is -0.475. The van der Waals surface area contributed by atoms with E-state index in [2.05, 4.69) is 4.98 Å². The third-order valence-electron chi connectivity index (χ3n) is 3.25. The van der Waals surface area contributed by atoms with Gasteiger partial charge in [-0.25, -0.2) is 4.39 Å². The molecule has 0 aliphatic carbocycles. The molecule has 2 heterocycles. The van der Waals surface area contributed by atoms with Crippen molar-refractivity contribution in [2.24, 2.45) is 0 Å². The van der Waals surface area contributed by atoms with Crippen LogP contribution in [0.25, 0.3) is 0 Å². The highest BCUT2D eigenvalue weighted by Crippen LogP contribution is 2.22. The van der Waals surface area contributed by atoms with Gasteiger partial charge in [0.25, 0.3) is 0 Å². The number of hydrogen-bond acceptors (Lipinski definition) is 3. The number of benzene rings is 1. The number of halogens is 1. The Labute approximate surface area is 130 Å². The molecule has 110 valence electrons. The molecule has 3 aromatic rings. The van der Waals surface area contributed by atoms with Gasteiger partial charge >= 0.3 is 0 Å². The van der Waals surface area contributed by atoms with Gasteiger partial charge in [0.2, 0.25) is 5.78 Å². The summed E-state index contributed by atoms with van der Waals surface area (Å²) in [7, 11) is 0. The van der Waals surface area contributed by atoms with Gasteiger partial charge in [0, 0.05) is 22.6 Å². The fourth-order valence-electron chi connectivity index (χ4n) is 2.16. The molecule has 0 saturated carbocycles. The van der Waals surface area contributed by atoms with Crippen LogP contribution in [-0.2, 0) is 6.42 Å². The van der Waals surface area contributed by atoms with Crippen LogP contribution in [0.3, 0.4) is 0 Å². The number of carbonyl (C=O) groups is 2. The van der Waals surface area contributed by atoms with Crippen molar-refractivity contribution in [2.45, 2.75) is 6.42 Å². The Kier molecular flexibility index (Phi) is 3.98. The molecule has 1 aromatic carbocycles. The van der Waals surface area contributed by atoms with Gasteiger partial charge in [-0.1, -0.05) is 0 Å². The van der Waals surface area contributed by atoms with Crippen LogP contribution >= 0.6 is 11.3 Å². The lowest BCUT2D eigenvalue weighted by molar-refractivity contribution is 0.104. The quantitative estimate of drug-likeness (QED) is 0.574. The van der Waals surface area contributed by atoms with Crippen molar-refractivity contribution in [2.75, 3.05) is 0 Å². The van der Waals surface area contributed by atoms with Gasteiger partial charge in [0.15, 0.2) is 6.29 Å². The summed E-state index contributed by atoms with van der Waals surface area (Å²) >= 11 is 1.40. The third-order valence-corrected chi connectivity index (χ3v) is 4.34. The number of aromatic amines is 1. The minimum atomic E-state index is -0.360. The van der Waals surface area contributed by atoms with Crippen LogP contribution in [-0.4, -0.2) is 17.1 Å². The molecule has 1 N–H and O–H groups in total. The van der Waals surface area contributed by atoms with Crippen LogP contribution in [0.2, 0.25) is 0 Å². The van der Waals surface area contributed by atoms with Gasteiger partial charge < -0.3 is 4.98 Å². The zero-order valence-corrected chi connectivity index (χ0v) is 12.3. The number of ketones is 1. The monoisotopic (exact) mass is 313 g/mol. The molecule has 22 heavy (non-hydrogen) atoms. The molecule has 0 atom stereocenters. The fraction of sp³-hybridized carbons (Fsp3) is 0.0588. The van der Waals surface area contributed by atoms with Gasteiger partial charge in [0.1, 0.15) is 5.82 Å². The van der Waals surface area contributed by atoms with E-state index in [0.717, 1.165) is 16.9 Å². The second kappa shape index (κ2) is 6.07. The van der Waals surface area contributed by atoms with E-state index < -0.39 is 0 Å². The normalized spacial score (nSPS) is 10.6. The van der Waals surface area contributed by atoms with Crippen LogP contribution in [0, 0.1) is 5.82 Å². The summed E-state index contributed by atoms with van der Waals surface area (Å²) in [4.78, 5) is 27.6. The van der Waals surface area contributed by atoms with Crippen molar-refractivity contribution >= 4 is 23.4 Å². The maximum Gasteiger partial charge on any atom is 0.202 e. The summed E-state index contributed by atoms with van der Waals surface area (Å²) in [5.41, 5.74) is 1.93. The summed E-state index contributed by atoms with van der Waals surface area (Å²) < 4.78 is 12.9. The SMILES string of the molecule is O=Cc1ccc(Cc2ccc(C(=O)c3ccc(F)cc3)s2)[nH]1. The largest absolute Gasteiger partial charge is 0.356 e. The summed E-state index contributed by atoms with van der Waals surface area (Å²) in [6.45, 7) is 0. The Morgan fingerprint density at radius 1 is 1.09 bits per heavy atom. The second-order valence-electron chi connectivity index (χ2n) is 4.84. The molecule has 0 fully saturated rings. The summed E-state index contributed by atoms with van der Waals surface area (Å²) in [6, 6.07) is 12.8. The average molecular weight is 313 g/mol. The Bertz CT molecular complexity index is 817. The van der Waals surface area contributed by atoms with Crippen LogP contribution < -0.4 is 0 Å². The van der Waals surface area contributed by atoms with Gasteiger partial charge in [0.05, 0.1) is 10.6 Å². The highest BCUT2D eigenvalue weighted by molar-refractivity contribution is 7.14. The van der Waals surface area contributed by atoms with E-state index in [0.29, 0.717) is 22.6 Å². The van der Waals surface area contributed by atoms with Crippen LogP contribution in [0.15, 0.2) is 48.5 Å². The van der Waals surface area contributed by atoms with Crippen molar-refractivity contribution in [3.8, 4) is 0 Å². The molecular formula is C17H12FNO2S. The van der Waals surface area contributed by atoms with Gasteiger partial charge in [-0.05, 0) is 48.5 Å². The van der Waals surface area contributed by atoms with E-state index in [1.165, 1.54) is 35.6 Å². The van der Waals surface area contributed by atoms with Gasteiger partial charge in [-0.3, -0.25) is 9.59 Å². The molecule has 0 aliphatic rings. The molecule has 0 spiro atoms.